The Kier molecular flexibility index (Phi) is 3.97. The van der Waals surface area contributed by atoms with Crippen LogP contribution >= 0.6 is 0 Å². The fourth-order valence-corrected chi connectivity index (χ4v) is 5.59. The zero-order valence-electron chi connectivity index (χ0n) is 16.3. The van der Waals surface area contributed by atoms with Crippen LogP contribution in [0.5, 0.6) is 0 Å². The highest BCUT2D eigenvalue weighted by Gasteiger charge is 2.40. The maximum absolute atomic E-state index is 4.41. The summed E-state index contributed by atoms with van der Waals surface area (Å²) in [7, 11) is 0. The molecule has 140 valence electrons. The molecule has 1 fully saturated rings. The van der Waals surface area contributed by atoms with Gasteiger partial charge in [-0.05, 0) is 61.8 Å². The number of piperidine rings is 1. The Bertz CT molecular complexity index is 976. The molecule has 0 amide bonds. The minimum atomic E-state index is 0.583. The molecule has 1 aromatic carbocycles. The molecular formula is C23H28N4. The van der Waals surface area contributed by atoms with Gasteiger partial charge in [-0.1, -0.05) is 18.2 Å². The minimum absolute atomic E-state index is 0.583. The number of aromatic amines is 2. The summed E-state index contributed by atoms with van der Waals surface area (Å²) in [5, 5.41) is 9.05. The third kappa shape index (κ3) is 2.66. The van der Waals surface area contributed by atoms with Crippen molar-refractivity contribution in [2.75, 3.05) is 13.1 Å². The molecule has 3 heterocycles. The van der Waals surface area contributed by atoms with Crippen LogP contribution in [0.3, 0.4) is 0 Å². The number of likely N-dealkylation sites (tertiary alicyclic amines) is 1. The quantitative estimate of drug-likeness (QED) is 0.683. The van der Waals surface area contributed by atoms with Gasteiger partial charge in [-0.2, -0.15) is 5.10 Å². The monoisotopic (exact) mass is 360 g/mol. The van der Waals surface area contributed by atoms with Crippen LogP contribution in [0.25, 0.3) is 10.9 Å². The largest absolute Gasteiger partial charge is 0.361 e. The Morgan fingerprint density at radius 1 is 1.33 bits per heavy atom. The lowest BCUT2D eigenvalue weighted by Gasteiger charge is -2.47. The first-order valence-electron chi connectivity index (χ1n) is 10.1. The van der Waals surface area contributed by atoms with E-state index in [9.17, 15) is 0 Å². The van der Waals surface area contributed by atoms with Gasteiger partial charge in [0.05, 0.1) is 5.69 Å². The molecule has 2 N–H and O–H groups in total. The van der Waals surface area contributed by atoms with E-state index in [-0.39, 0.29) is 0 Å². The zero-order valence-corrected chi connectivity index (χ0v) is 16.3. The minimum Gasteiger partial charge on any atom is -0.361 e. The first-order valence-corrected chi connectivity index (χ1v) is 10.1. The predicted molar refractivity (Wildman–Crippen MR) is 110 cm³/mol. The van der Waals surface area contributed by atoms with Crippen LogP contribution in [0, 0.1) is 19.8 Å². The van der Waals surface area contributed by atoms with Crippen molar-refractivity contribution in [1.29, 1.82) is 0 Å². The van der Waals surface area contributed by atoms with Gasteiger partial charge in [-0.15, -0.1) is 6.58 Å². The summed E-state index contributed by atoms with van der Waals surface area (Å²) in [4.78, 5) is 6.16. The highest BCUT2D eigenvalue weighted by molar-refractivity contribution is 5.88. The van der Waals surface area contributed by atoms with Crippen LogP contribution in [-0.2, 0) is 12.8 Å². The maximum Gasteiger partial charge on any atom is 0.0626 e. The van der Waals surface area contributed by atoms with Crippen molar-refractivity contribution in [3.8, 4) is 0 Å². The number of nitrogens with zero attached hydrogens (tertiary/aromatic N) is 2. The van der Waals surface area contributed by atoms with Gasteiger partial charge in [0.2, 0.25) is 0 Å². The molecule has 0 saturated carbocycles. The second-order valence-corrected chi connectivity index (χ2v) is 8.42. The van der Waals surface area contributed by atoms with E-state index in [4.69, 9.17) is 0 Å². The molecule has 0 bridgehead atoms. The van der Waals surface area contributed by atoms with Crippen molar-refractivity contribution in [3.63, 3.8) is 0 Å². The fraction of sp³-hybridized carbons (Fsp3) is 0.435. The average Bonchev–Trinajstić information content (AvgIpc) is 3.22. The van der Waals surface area contributed by atoms with Crippen molar-refractivity contribution < 1.29 is 0 Å². The average molecular weight is 361 g/mol. The van der Waals surface area contributed by atoms with E-state index in [0.717, 1.165) is 31.6 Å². The van der Waals surface area contributed by atoms with Crippen molar-refractivity contribution in [2.24, 2.45) is 5.92 Å². The Balaban J connectivity index is 1.52. The molecule has 2 aliphatic rings. The van der Waals surface area contributed by atoms with Gasteiger partial charge in [-0.25, -0.2) is 0 Å². The molecule has 1 unspecified atom stereocenters. The number of benzene rings is 1. The molecule has 3 aromatic rings. The van der Waals surface area contributed by atoms with E-state index in [1.54, 1.807) is 5.56 Å². The summed E-state index contributed by atoms with van der Waals surface area (Å²) in [6.07, 6.45) is 7.81. The van der Waals surface area contributed by atoms with Gasteiger partial charge >= 0.3 is 0 Å². The van der Waals surface area contributed by atoms with Crippen LogP contribution in [0.2, 0.25) is 0 Å². The van der Waals surface area contributed by atoms with Crippen molar-refractivity contribution in [2.45, 2.75) is 45.1 Å². The van der Waals surface area contributed by atoms with Gasteiger partial charge in [0, 0.05) is 47.8 Å². The SMILES string of the molecule is C=CCN1CC(Cc2c(C)n[nH]c2C)C[C@@H]2c3cccc4[nH]cc(c34)C[C@H]21. The van der Waals surface area contributed by atoms with Crippen molar-refractivity contribution in [1.82, 2.24) is 20.1 Å². The molecule has 2 aromatic heterocycles. The Morgan fingerprint density at radius 3 is 3.00 bits per heavy atom. The van der Waals surface area contributed by atoms with Gasteiger partial charge in [-0.3, -0.25) is 10.00 Å². The van der Waals surface area contributed by atoms with Gasteiger partial charge in [0.15, 0.2) is 0 Å². The molecule has 3 atom stereocenters. The number of aromatic nitrogens is 3. The van der Waals surface area contributed by atoms with Gasteiger partial charge < -0.3 is 4.98 Å². The lowest BCUT2D eigenvalue weighted by Crippen LogP contribution is -2.50. The maximum atomic E-state index is 4.41. The number of H-pyrrole nitrogens is 2. The topological polar surface area (TPSA) is 47.7 Å². The Hall–Kier alpha value is -2.33. The van der Waals surface area contributed by atoms with Gasteiger partial charge in [0.25, 0.3) is 0 Å². The zero-order chi connectivity index (χ0) is 18.5. The molecule has 0 spiro atoms. The van der Waals surface area contributed by atoms with E-state index in [1.165, 1.54) is 34.1 Å². The lowest BCUT2D eigenvalue weighted by atomic mass is 9.71. The molecule has 1 aliphatic heterocycles. The molecular weight excluding hydrogens is 332 g/mol. The summed E-state index contributed by atoms with van der Waals surface area (Å²) < 4.78 is 0. The first kappa shape index (κ1) is 16.8. The second kappa shape index (κ2) is 6.38. The Morgan fingerprint density at radius 2 is 2.22 bits per heavy atom. The fourth-order valence-electron chi connectivity index (χ4n) is 5.59. The van der Waals surface area contributed by atoms with Crippen LogP contribution in [0.1, 0.15) is 40.4 Å². The van der Waals surface area contributed by atoms with E-state index >= 15 is 0 Å². The summed E-state index contributed by atoms with van der Waals surface area (Å²) in [5.41, 5.74) is 8.11. The molecule has 1 aliphatic carbocycles. The summed E-state index contributed by atoms with van der Waals surface area (Å²) in [6, 6.07) is 7.37. The highest BCUT2D eigenvalue weighted by Crippen LogP contribution is 2.45. The van der Waals surface area contributed by atoms with E-state index in [2.05, 4.69) is 71.0 Å². The molecule has 5 rings (SSSR count). The number of rotatable bonds is 4. The first-order chi connectivity index (χ1) is 13.2. The molecule has 0 radical (unpaired) electrons. The molecule has 27 heavy (non-hydrogen) atoms. The summed E-state index contributed by atoms with van der Waals surface area (Å²) >= 11 is 0. The normalized spacial score (nSPS) is 24.9. The van der Waals surface area contributed by atoms with Crippen LogP contribution in [-0.4, -0.2) is 39.2 Å². The van der Waals surface area contributed by atoms with Crippen LogP contribution in [0.15, 0.2) is 37.1 Å². The standard InChI is InChI=1S/C23H28N4/c1-4-8-27-13-16(9-19-14(2)25-26-15(19)3)10-20-18-6-5-7-21-23(18)17(12-24-21)11-22(20)27/h4-7,12,16,20,22,24H,1,8-11,13H2,2-3H3,(H,25,26)/t16?,20-,22-/m1/s1. The third-order valence-electron chi connectivity index (χ3n) is 6.80. The summed E-state index contributed by atoms with van der Waals surface area (Å²) in [5.74, 6) is 1.25. The Labute approximate surface area is 160 Å². The van der Waals surface area contributed by atoms with Crippen LogP contribution < -0.4 is 0 Å². The van der Waals surface area contributed by atoms with E-state index in [1.807, 2.05) is 0 Å². The van der Waals surface area contributed by atoms with E-state index in [0.29, 0.717) is 17.9 Å². The number of hydrogen-bond acceptors (Lipinski definition) is 2. The number of nitrogens with one attached hydrogen (secondary N) is 2. The number of aryl methyl sites for hydroxylation is 2. The van der Waals surface area contributed by atoms with Crippen LogP contribution in [0.4, 0.5) is 0 Å². The predicted octanol–water partition coefficient (Wildman–Crippen LogP) is 4.27. The molecule has 1 saturated heterocycles. The second-order valence-electron chi connectivity index (χ2n) is 8.42. The van der Waals surface area contributed by atoms with Crippen molar-refractivity contribution in [3.05, 3.63) is 65.1 Å². The number of hydrogen-bond donors (Lipinski definition) is 2. The number of fused-ring (bicyclic) bond motifs is 2. The summed E-state index contributed by atoms with van der Waals surface area (Å²) in [6.45, 7) is 10.4. The third-order valence-corrected chi connectivity index (χ3v) is 6.80. The lowest BCUT2D eigenvalue weighted by molar-refractivity contribution is 0.0964. The van der Waals surface area contributed by atoms with Crippen molar-refractivity contribution >= 4 is 10.9 Å². The molecule has 4 nitrogen and oxygen atoms in total. The smallest absolute Gasteiger partial charge is 0.0626 e. The van der Waals surface area contributed by atoms with E-state index < -0.39 is 0 Å². The highest BCUT2D eigenvalue weighted by atomic mass is 15.2. The molecule has 4 heteroatoms. The van der Waals surface area contributed by atoms with Gasteiger partial charge in [0.1, 0.15) is 0 Å².